The lowest BCUT2D eigenvalue weighted by Crippen LogP contribution is -2.33. The maximum absolute atomic E-state index is 11.0. The summed E-state index contributed by atoms with van der Waals surface area (Å²) in [5.41, 5.74) is 0. The van der Waals surface area contributed by atoms with E-state index in [1.54, 1.807) is 0 Å². The number of methoxy groups -OCH3 is 1. The highest BCUT2D eigenvalue weighted by Gasteiger charge is 2.16. The Balaban J connectivity index is 2.34. The zero-order chi connectivity index (χ0) is 9.68. The van der Waals surface area contributed by atoms with Crippen LogP contribution in [0.15, 0.2) is 0 Å². The highest BCUT2D eigenvalue weighted by atomic mass is 16.5. The third-order valence-corrected chi connectivity index (χ3v) is 2.57. The molecule has 3 heteroatoms. The van der Waals surface area contributed by atoms with Crippen LogP contribution < -0.4 is 0 Å². The smallest absolute Gasteiger partial charge is 0.319 e. The zero-order valence-corrected chi connectivity index (χ0v) is 8.58. The molecule has 0 amide bonds. The predicted octanol–water partition coefficient (Wildman–Crippen LogP) is 1.28. The summed E-state index contributed by atoms with van der Waals surface area (Å²) in [6.07, 6.45) is 3.79. The Morgan fingerprint density at radius 3 is 3.00 bits per heavy atom. The Bertz CT molecular complexity index is 170. The van der Waals surface area contributed by atoms with Crippen LogP contribution in [0, 0.1) is 5.92 Å². The van der Waals surface area contributed by atoms with Gasteiger partial charge in [-0.3, -0.25) is 9.69 Å². The molecule has 3 nitrogen and oxygen atoms in total. The highest BCUT2D eigenvalue weighted by Crippen LogP contribution is 2.15. The largest absolute Gasteiger partial charge is 0.468 e. The summed E-state index contributed by atoms with van der Waals surface area (Å²) in [4.78, 5) is 13.2. The molecule has 0 radical (unpaired) electrons. The van der Waals surface area contributed by atoms with Crippen molar-refractivity contribution in [1.29, 1.82) is 0 Å². The van der Waals surface area contributed by atoms with Gasteiger partial charge in [0.25, 0.3) is 0 Å². The molecule has 0 N–H and O–H groups in total. The molecule has 1 unspecified atom stereocenters. The van der Waals surface area contributed by atoms with Crippen molar-refractivity contribution >= 4 is 5.97 Å². The highest BCUT2D eigenvalue weighted by molar-refractivity contribution is 5.71. The van der Waals surface area contributed by atoms with Crippen molar-refractivity contribution in [2.45, 2.75) is 26.2 Å². The second kappa shape index (κ2) is 5.22. The fourth-order valence-electron chi connectivity index (χ4n) is 1.84. The van der Waals surface area contributed by atoms with Crippen LogP contribution in [0.3, 0.4) is 0 Å². The SMILES string of the molecule is COC(=O)CN1CCCCC(C)C1. The predicted molar refractivity (Wildman–Crippen MR) is 51.5 cm³/mol. The third-order valence-electron chi connectivity index (χ3n) is 2.57. The molecule has 1 aliphatic heterocycles. The quantitative estimate of drug-likeness (QED) is 0.607. The Hall–Kier alpha value is -0.570. The van der Waals surface area contributed by atoms with Gasteiger partial charge in [0.05, 0.1) is 13.7 Å². The van der Waals surface area contributed by atoms with Crippen molar-refractivity contribution in [2.75, 3.05) is 26.7 Å². The van der Waals surface area contributed by atoms with Gasteiger partial charge in [0, 0.05) is 6.54 Å². The minimum absolute atomic E-state index is 0.117. The van der Waals surface area contributed by atoms with Gasteiger partial charge in [-0.15, -0.1) is 0 Å². The van der Waals surface area contributed by atoms with Crippen LogP contribution in [-0.2, 0) is 9.53 Å². The van der Waals surface area contributed by atoms with Crippen molar-refractivity contribution < 1.29 is 9.53 Å². The van der Waals surface area contributed by atoms with Crippen molar-refractivity contribution in [2.24, 2.45) is 5.92 Å². The maximum Gasteiger partial charge on any atom is 0.319 e. The van der Waals surface area contributed by atoms with Gasteiger partial charge in [0.15, 0.2) is 0 Å². The molecule has 1 heterocycles. The molecular weight excluding hydrogens is 166 g/mol. The summed E-state index contributed by atoms with van der Waals surface area (Å²) in [6.45, 7) is 4.78. The number of esters is 1. The van der Waals surface area contributed by atoms with E-state index >= 15 is 0 Å². The van der Waals surface area contributed by atoms with E-state index in [2.05, 4.69) is 16.6 Å². The van der Waals surface area contributed by atoms with Crippen LogP contribution >= 0.6 is 0 Å². The van der Waals surface area contributed by atoms with Crippen LogP contribution in [0.1, 0.15) is 26.2 Å². The summed E-state index contributed by atoms with van der Waals surface area (Å²) in [6, 6.07) is 0. The van der Waals surface area contributed by atoms with Crippen molar-refractivity contribution in [3.05, 3.63) is 0 Å². The van der Waals surface area contributed by atoms with E-state index in [-0.39, 0.29) is 5.97 Å². The first-order chi connectivity index (χ1) is 6.22. The number of carbonyl (C=O) groups is 1. The Kier molecular flexibility index (Phi) is 4.22. The number of hydrogen-bond acceptors (Lipinski definition) is 3. The van der Waals surface area contributed by atoms with E-state index in [1.807, 2.05) is 0 Å². The number of nitrogens with zero attached hydrogens (tertiary/aromatic N) is 1. The van der Waals surface area contributed by atoms with E-state index in [1.165, 1.54) is 26.4 Å². The summed E-state index contributed by atoms with van der Waals surface area (Å²) >= 11 is 0. The normalized spacial score (nSPS) is 25.2. The number of carbonyl (C=O) groups excluding carboxylic acids is 1. The van der Waals surface area contributed by atoms with Gasteiger partial charge in [0.1, 0.15) is 0 Å². The molecule has 1 fully saturated rings. The molecule has 1 saturated heterocycles. The van der Waals surface area contributed by atoms with Gasteiger partial charge < -0.3 is 4.74 Å². The average molecular weight is 185 g/mol. The topological polar surface area (TPSA) is 29.5 Å². The number of hydrogen-bond donors (Lipinski definition) is 0. The van der Waals surface area contributed by atoms with Gasteiger partial charge in [-0.2, -0.15) is 0 Å². The molecule has 0 aromatic carbocycles. The van der Waals surface area contributed by atoms with Gasteiger partial charge in [0.2, 0.25) is 0 Å². The first kappa shape index (κ1) is 10.5. The number of likely N-dealkylation sites (tertiary alicyclic amines) is 1. The van der Waals surface area contributed by atoms with Crippen LogP contribution in [-0.4, -0.2) is 37.6 Å². The lowest BCUT2D eigenvalue weighted by atomic mass is 10.1. The van der Waals surface area contributed by atoms with E-state index < -0.39 is 0 Å². The monoisotopic (exact) mass is 185 g/mol. The zero-order valence-electron chi connectivity index (χ0n) is 8.58. The Morgan fingerprint density at radius 2 is 2.31 bits per heavy atom. The summed E-state index contributed by atoms with van der Waals surface area (Å²) < 4.78 is 4.65. The van der Waals surface area contributed by atoms with Crippen LogP contribution in [0.2, 0.25) is 0 Å². The van der Waals surface area contributed by atoms with Crippen molar-refractivity contribution in [3.63, 3.8) is 0 Å². The van der Waals surface area contributed by atoms with E-state index in [4.69, 9.17) is 0 Å². The summed E-state index contributed by atoms with van der Waals surface area (Å²) in [7, 11) is 1.45. The Morgan fingerprint density at radius 1 is 1.54 bits per heavy atom. The number of rotatable bonds is 2. The fourth-order valence-corrected chi connectivity index (χ4v) is 1.84. The third kappa shape index (κ3) is 3.77. The Labute approximate surface area is 80.1 Å². The summed E-state index contributed by atoms with van der Waals surface area (Å²) in [5.74, 6) is 0.598. The molecule has 1 aliphatic rings. The molecule has 0 saturated carbocycles. The average Bonchev–Trinajstić information content (AvgIpc) is 2.30. The van der Waals surface area contributed by atoms with Gasteiger partial charge >= 0.3 is 5.97 Å². The minimum atomic E-state index is -0.117. The van der Waals surface area contributed by atoms with Crippen molar-refractivity contribution in [3.8, 4) is 0 Å². The molecule has 1 atom stereocenters. The number of ether oxygens (including phenoxy) is 1. The van der Waals surface area contributed by atoms with E-state index in [9.17, 15) is 4.79 Å². The summed E-state index contributed by atoms with van der Waals surface area (Å²) in [5, 5.41) is 0. The molecule has 0 bridgehead atoms. The van der Waals surface area contributed by atoms with Crippen LogP contribution in [0.5, 0.6) is 0 Å². The maximum atomic E-state index is 11.0. The molecule has 0 aromatic heterocycles. The van der Waals surface area contributed by atoms with Crippen LogP contribution in [0.25, 0.3) is 0 Å². The van der Waals surface area contributed by atoms with E-state index in [0.29, 0.717) is 12.5 Å². The lowest BCUT2D eigenvalue weighted by Gasteiger charge is -2.20. The molecule has 1 rings (SSSR count). The fraction of sp³-hybridized carbons (Fsp3) is 0.900. The molecule has 13 heavy (non-hydrogen) atoms. The first-order valence-corrected chi connectivity index (χ1v) is 5.01. The van der Waals surface area contributed by atoms with Crippen LogP contribution in [0.4, 0.5) is 0 Å². The minimum Gasteiger partial charge on any atom is -0.468 e. The molecule has 0 aromatic rings. The first-order valence-electron chi connectivity index (χ1n) is 5.01. The van der Waals surface area contributed by atoms with Crippen molar-refractivity contribution in [1.82, 2.24) is 4.90 Å². The van der Waals surface area contributed by atoms with Gasteiger partial charge in [-0.25, -0.2) is 0 Å². The van der Waals surface area contributed by atoms with Gasteiger partial charge in [-0.05, 0) is 25.3 Å². The van der Waals surface area contributed by atoms with E-state index in [0.717, 1.165) is 13.1 Å². The second-order valence-corrected chi connectivity index (χ2v) is 3.91. The lowest BCUT2D eigenvalue weighted by molar-refractivity contribution is -0.142. The molecule has 0 spiro atoms. The molecular formula is C10H19NO2. The molecule has 76 valence electrons. The van der Waals surface area contributed by atoms with Gasteiger partial charge in [-0.1, -0.05) is 13.3 Å². The second-order valence-electron chi connectivity index (χ2n) is 3.91. The standard InChI is InChI=1S/C10H19NO2/c1-9-5-3-4-6-11(7-9)8-10(12)13-2/h9H,3-8H2,1-2H3. The molecule has 0 aliphatic carbocycles.